The molecule has 2 aromatic carbocycles. The van der Waals surface area contributed by atoms with Gasteiger partial charge >= 0.3 is 0 Å². The Hall–Kier alpha value is -1.20. The summed E-state index contributed by atoms with van der Waals surface area (Å²) >= 11 is 3.31. The van der Waals surface area contributed by atoms with Crippen LogP contribution in [0.2, 0.25) is 5.04 Å². The molecular formula is C23H31BrO2Si. The highest BCUT2D eigenvalue weighted by molar-refractivity contribution is 9.11. The number of aliphatic hydroxyl groups is 1. The van der Waals surface area contributed by atoms with Crippen molar-refractivity contribution < 1.29 is 9.90 Å². The lowest BCUT2D eigenvalue weighted by Gasteiger charge is -2.41. The first-order valence-corrected chi connectivity index (χ1v) is 12.4. The van der Waals surface area contributed by atoms with Crippen LogP contribution >= 0.6 is 15.9 Å². The van der Waals surface area contributed by atoms with Crippen molar-refractivity contribution in [2.24, 2.45) is 0 Å². The molecule has 27 heavy (non-hydrogen) atoms. The van der Waals surface area contributed by atoms with Gasteiger partial charge in [0, 0.05) is 6.42 Å². The summed E-state index contributed by atoms with van der Waals surface area (Å²) in [5, 5.41) is 11.9. The zero-order chi connectivity index (χ0) is 19.9. The number of halogens is 1. The number of hydrogen-bond acceptors (Lipinski definition) is 2. The molecule has 0 bridgehead atoms. The predicted octanol–water partition coefficient (Wildman–Crippen LogP) is 4.74. The first kappa shape index (κ1) is 22.1. The van der Waals surface area contributed by atoms with Gasteiger partial charge in [0.25, 0.3) is 8.32 Å². The zero-order valence-electron chi connectivity index (χ0n) is 16.4. The Labute approximate surface area is 173 Å². The van der Waals surface area contributed by atoms with Crippen molar-refractivity contribution in [3.8, 4) is 0 Å². The van der Waals surface area contributed by atoms with Crippen LogP contribution in [0.1, 0.15) is 46.0 Å². The summed E-state index contributed by atoms with van der Waals surface area (Å²) in [6, 6.07) is 20.3. The summed E-state index contributed by atoms with van der Waals surface area (Å²) in [7, 11) is -2.92. The molecule has 0 unspecified atom stereocenters. The highest BCUT2D eigenvalue weighted by Crippen LogP contribution is 2.40. The van der Waals surface area contributed by atoms with Crippen LogP contribution in [0, 0.1) is 0 Å². The van der Waals surface area contributed by atoms with Crippen LogP contribution in [-0.2, 0) is 0 Å². The van der Waals surface area contributed by atoms with Gasteiger partial charge in [-0.1, -0.05) is 110 Å². The Morgan fingerprint density at radius 3 is 1.93 bits per heavy atom. The van der Waals surface area contributed by atoms with E-state index in [9.17, 15) is 9.90 Å². The fraction of sp³-hybridized carbons (Fsp3) is 0.391. The third kappa shape index (κ3) is 5.64. The maximum Gasteiger partial charge on any atom is 0.258 e. The van der Waals surface area contributed by atoms with Crippen molar-refractivity contribution in [2.75, 3.05) is 0 Å². The summed E-state index contributed by atoms with van der Waals surface area (Å²) in [5.41, 5.74) is 0. The van der Waals surface area contributed by atoms with Crippen LogP contribution in [0.3, 0.4) is 0 Å². The molecular weight excluding hydrogens is 416 g/mol. The quantitative estimate of drug-likeness (QED) is 0.408. The molecule has 0 heterocycles. The van der Waals surface area contributed by atoms with Gasteiger partial charge in [-0.2, -0.15) is 0 Å². The molecule has 2 rings (SSSR count). The highest BCUT2D eigenvalue weighted by atomic mass is 79.9. The third-order valence-electron chi connectivity index (χ3n) is 5.41. The predicted molar refractivity (Wildman–Crippen MR) is 121 cm³/mol. The van der Waals surface area contributed by atoms with E-state index >= 15 is 0 Å². The molecule has 0 saturated carbocycles. The van der Waals surface area contributed by atoms with Crippen molar-refractivity contribution in [1.29, 1.82) is 0 Å². The molecule has 0 spiro atoms. The molecule has 0 aliphatic carbocycles. The van der Waals surface area contributed by atoms with Gasteiger partial charge in [-0.3, -0.25) is 0 Å². The number of rotatable bonds is 10. The molecule has 0 amide bonds. The molecule has 4 heteroatoms. The second kappa shape index (κ2) is 9.83. The van der Waals surface area contributed by atoms with Crippen LogP contribution < -0.4 is 10.4 Å². The van der Waals surface area contributed by atoms with Crippen LogP contribution in [0.15, 0.2) is 71.7 Å². The Kier molecular flexibility index (Phi) is 8.04. The first-order valence-electron chi connectivity index (χ1n) is 9.62. The smallest absolute Gasteiger partial charge is 0.258 e. The molecule has 146 valence electrons. The standard InChI is InChI=1S/C23H31BrO2Si/c1-19(24)18-20(25)12-10-11-17-23(2,3)27(26,21-13-6-4-7-14-21)22-15-8-5-9-16-22/h4-9,13-16,20,25-26H,1,10-12,17-18H2,2-3H3/t20-/m1/s1. The van der Waals surface area contributed by atoms with Crippen molar-refractivity contribution in [2.45, 2.75) is 57.1 Å². The normalized spacial score (nSPS) is 13.4. The molecule has 1 atom stereocenters. The van der Waals surface area contributed by atoms with E-state index in [2.05, 4.69) is 60.6 Å². The van der Waals surface area contributed by atoms with E-state index in [0.29, 0.717) is 6.42 Å². The molecule has 2 N–H and O–H groups in total. The van der Waals surface area contributed by atoms with Crippen molar-refractivity contribution in [3.63, 3.8) is 0 Å². The van der Waals surface area contributed by atoms with Gasteiger partial charge < -0.3 is 9.90 Å². The molecule has 2 aromatic rings. The molecule has 0 saturated heterocycles. The third-order valence-corrected chi connectivity index (χ3v) is 10.3. The molecule has 0 aliphatic rings. The van der Waals surface area contributed by atoms with Gasteiger partial charge in [-0.15, -0.1) is 0 Å². The second-order valence-corrected chi connectivity index (χ2v) is 13.0. The maximum absolute atomic E-state index is 12.1. The number of hydrogen-bond donors (Lipinski definition) is 2. The summed E-state index contributed by atoms with van der Waals surface area (Å²) < 4.78 is 0.838. The second-order valence-electron chi connectivity index (χ2n) is 7.95. The van der Waals surface area contributed by atoms with E-state index in [-0.39, 0.29) is 11.1 Å². The van der Waals surface area contributed by atoms with Gasteiger partial charge in [0.05, 0.1) is 6.10 Å². The van der Waals surface area contributed by atoms with E-state index in [4.69, 9.17) is 0 Å². The van der Waals surface area contributed by atoms with Crippen LogP contribution in [0.5, 0.6) is 0 Å². The van der Waals surface area contributed by atoms with E-state index in [1.165, 1.54) is 0 Å². The number of benzene rings is 2. The summed E-state index contributed by atoms with van der Waals surface area (Å²) in [4.78, 5) is 12.1. The zero-order valence-corrected chi connectivity index (χ0v) is 19.0. The average molecular weight is 447 g/mol. The average Bonchev–Trinajstić information content (AvgIpc) is 2.65. The minimum absolute atomic E-state index is 0.223. The summed E-state index contributed by atoms with van der Waals surface area (Å²) in [5.74, 6) is 0. The molecule has 2 nitrogen and oxygen atoms in total. The van der Waals surface area contributed by atoms with E-state index in [0.717, 1.165) is 40.5 Å². The topological polar surface area (TPSA) is 40.5 Å². The lowest BCUT2D eigenvalue weighted by Crippen LogP contribution is -2.65. The molecule has 0 fully saturated rings. The first-order chi connectivity index (χ1) is 12.8. The van der Waals surface area contributed by atoms with Gasteiger partial charge in [-0.25, -0.2) is 0 Å². The Morgan fingerprint density at radius 1 is 1.00 bits per heavy atom. The fourth-order valence-electron chi connectivity index (χ4n) is 3.79. The monoisotopic (exact) mass is 446 g/mol. The van der Waals surface area contributed by atoms with E-state index in [1.54, 1.807) is 0 Å². The van der Waals surface area contributed by atoms with Crippen molar-refractivity contribution in [1.82, 2.24) is 0 Å². The molecule has 0 radical (unpaired) electrons. The number of unbranched alkanes of at least 4 members (excludes halogenated alkanes) is 1. The van der Waals surface area contributed by atoms with Crippen molar-refractivity contribution in [3.05, 3.63) is 71.7 Å². The lowest BCUT2D eigenvalue weighted by atomic mass is 10.0. The minimum atomic E-state index is -2.92. The van der Waals surface area contributed by atoms with Crippen molar-refractivity contribution >= 4 is 34.6 Å². The summed E-state index contributed by atoms with van der Waals surface area (Å²) in [6.45, 7) is 8.17. The Balaban J connectivity index is 2.16. The largest absolute Gasteiger partial charge is 0.424 e. The Bertz CT molecular complexity index is 676. The minimum Gasteiger partial charge on any atom is -0.424 e. The van der Waals surface area contributed by atoms with Crippen LogP contribution in [0.4, 0.5) is 0 Å². The Morgan fingerprint density at radius 2 is 1.48 bits per heavy atom. The van der Waals surface area contributed by atoms with Gasteiger partial charge in [-0.05, 0) is 32.7 Å². The van der Waals surface area contributed by atoms with E-state index in [1.807, 2.05) is 36.4 Å². The van der Waals surface area contributed by atoms with E-state index < -0.39 is 8.32 Å². The highest BCUT2D eigenvalue weighted by Gasteiger charge is 2.49. The lowest BCUT2D eigenvalue weighted by molar-refractivity contribution is 0.162. The molecule has 0 aliphatic heterocycles. The van der Waals surface area contributed by atoms with Crippen LogP contribution in [-0.4, -0.2) is 24.3 Å². The summed E-state index contributed by atoms with van der Waals surface area (Å²) in [6.07, 6.45) is 3.85. The fourth-order valence-corrected chi connectivity index (χ4v) is 7.95. The van der Waals surface area contributed by atoms with Gasteiger partial charge in [0.2, 0.25) is 0 Å². The molecule has 0 aromatic heterocycles. The van der Waals surface area contributed by atoms with Gasteiger partial charge in [0.15, 0.2) is 0 Å². The van der Waals surface area contributed by atoms with Gasteiger partial charge in [0.1, 0.15) is 0 Å². The maximum atomic E-state index is 12.1. The number of aliphatic hydroxyl groups excluding tert-OH is 1. The SMILES string of the molecule is C=C(Br)C[C@H](O)CCCCC(C)(C)[Si](O)(c1ccccc1)c1ccccc1. The van der Waals surface area contributed by atoms with Crippen LogP contribution in [0.25, 0.3) is 0 Å².